The molecule has 0 bridgehead atoms. The van der Waals surface area contributed by atoms with Gasteiger partial charge in [0.05, 0.1) is 6.10 Å². The van der Waals surface area contributed by atoms with Crippen molar-refractivity contribution in [2.45, 2.75) is 63.4 Å². The van der Waals surface area contributed by atoms with Gasteiger partial charge in [0.2, 0.25) is 17.7 Å². The lowest BCUT2D eigenvalue weighted by molar-refractivity contribution is -0.163. The van der Waals surface area contributed by atoms with Crippen LogP contribution in [0.5, 0.6) is 0 Å². The fraction of sp³-hybridized carbons (Fsp3) is 0.571. The zero-order valence-electron chi connectivity index (χ0n) is 16.2. The maximum Gasteiger partial charge on any atom is 0.249 e. The third kappa shape index (κ3) is 3.63. The Morgan fingerprint density at radius 3 is 2.61 bits per heavy atom. The predicted molar refractivity (Wildman–Crippen MR) is 102 cm³/mol. The fourth-order valence-corrected chi connectivity index (χ4v) is 4.26. The van der Waals surface area contributed by atoms with Crippen molar-refractivity contribution in [1.82, 2.24) is 15.1 Å². The molecule has 3 fully saturated rings. The number of benzene rings is 1. The van der Waals surface area contributed by atoms with Crippen LogP contribution in [-0.4, -0.2) is 64.9 Å². The van der Waals surface area contributed by atoms with E-state index in [-0.39, 0.29) is 24.3 Å². The minimum Gasteiger partial charge on any atom is -0.366 e. The van der Waals surface area contributed by atoms with Crippen molar-refractivity contribution in [3.8, 4) is 0 Å². The van der Waals surface area contributed by atoms with Crippen molar-refractivity contribution in [3.05, 3.63) is 35.9 Å². The molecule has 1 unspecified atom stereocenters. The standard InChI is InChI=1S/C21H27N3O4/c1-14-19(24(18(25)13-28-14)12-15-6-3-2-4-7-15)20(26)22-17-10-11-23(21(17)27)16-8-5-9-16/h2-4,6-7,14,16-17,19H,5,8-13H2,1H3,(H,22,26)/t14-,17?,19+/m1/s1. The van der Waals surface area contributed by atoms with Gasteiger partial charge in [0.25, 0.3) is 0 Å². The zero-order valence-corrected chi connectivity index (χ0v) is 16.2. The van der Waals surface area contributed by atoms with Crippen molar-refractivity contribution >= 4 is 17.7 Å². The van der Waals surface area contributed by atoms with E-state index in [1.807, 2.05) is 35.2 Å². The highest BCUT2D eigenvalue weighted by Crippen LogP contribution is 2.29. The summed E-state index contributed by atoms with van der Waals surface area (Å²) in [4.78, 5) is 41.7. The van der Waals surface area contributed by atoms with Crippen LogP contribution in [0, 0.1) is 0 Å². The number of hydrogen-bond acceptors (Lipinski definition) is 4. The van der Waals surface area contributed by atoms with Crippen molar-refractivity contribution in [3.63, 3.8) is 0 Å². The van der Waals surface area contributed by atoms with Gasteiger partial charge < -0.3 is 19.9 Å². The number of nitrogens with zero attached hydrogens (tertiary/aromatic N) is 2. The molecule has 0 aromatic heterocycles. The molecule has 150 valence electrons. The quantitative estimate of drug-likeness (QED) is 0.822. The van der Waals surface area contributed by atoms with Crippen LogP contribution in [-0.2, 0) is 25.7 Å². The van der Waals surface area contributed by atoms with E-state index < -0.39 is 18.2 Å². The van der Waals surface area contributed by atoms with Gasteiger partial charge in [-0.3, -0.25) is 14.4 Å². The van der Waals surface area contributed by atoms with Crippen molar-refractivity contribution in [1.29, 1.82) is 0 Å². The number of carbonyl (C=O) groups excluding carboxylic acids is 3. The molecule has 2 heterocycles. The molecule has 3 aliphatic rings. The fourth-order valence-electron chi connectivity index (χ4n) is 4.26. The Bertz CT molecular complexity index is 749. The Labute approximate surface area is 165 Å². The molecule has 7 heteroatoms. The van der Waals surface area contributed by atoms with Crippen LogP contribution in [0.15, 0.2) is 30.3 Å². The average Bonchev–Trinajstić information content (AvgIpc) is 2.98. The summed E-state index contributed by atoms with van der Waals surface area (Å²) in [5, 5.41) is 2.89. The van der Waals surface area contributed by atoms with Gasteiger partial charge in [0.1, 0.15) is 18.7 Å². The second-order valence-corrected chi connectivity index (χ2v) is 7.93. The Balaban J connectivity index is 1.45. The van der Waals surface area contributed by atoms with Crippen LogP contribution < -0.4 is 5.32 Å². The van der Waals surface area contributed by atoms with E-state index in [1.165, 1.54) is 6.42 Å². The minimum absolute atomic E-state index is 0.00312. The number of rotatable bonds is 5. The van der Waals surface area contributed by atoms with Crippen LogP contribution in [0.1, 0.15) is 38.2 Å². The largest absolute Gasteiger partial charge is 0.366 e. The lowest BCUT2D eigenvalue weighted by Gasteiger charge is -2.39. The first-order valence-corrected chi connectivity index (χ1v) is 10.1. The second kappa shape index (κ2) is 7.91. The Kier molecular flexibility index (Phi) is 5.35. The molecule has 1 aromatic rings. The lowest BCUT2D eigenvalue weighted by Crippen LogP contribution is -2.61. The first-order chi connectivity index (χ1) is 13.5. The number of hydrogen-bond donors (Lipinski definition) is 1. The van der Waals surface area contributed by atoms with E-state index in [0.29, 0.717) is 25.6 Å². The molecule has 0 radical (unpaired) electrons. The van der Waals surface area contributed by atoms with Crippen molar-refractivity contribution in [2.24, 2.45) is 0 Å². The SMILES string of the molecule is C[C@H]1OCC(=O)N(Cc2ccccc2)[C@@H]1C(=O)NC1CCN(C2CCC2)C1=O. The molecular weight excluding hydrogens is 358 g/mol. The summed E-state index contributed by atoms with van der Waals surface area (Å²) < 4.78 is 5.52. The van der Waals surface area contributed by atoms with Gasteiger partial charge in [-0.1, -0.05) is 30.3 Å². The maximum absolute atomic E-state index is 13.1. The number of likely N-dealkylation sites (tertiary alicyclic amines) is 1. The molecule has 4 rings (SSSR count). The molecule has 1 aliphatic carbocycles. The molecule has 3 amide bonds. The average molecular weight is 385 g/mol. The molecule has 1 aromatic carbocycles. The highest BCUT2D eigenvalue weighted by atomic mass is 16.5. The number of morpholine rings is 1. The third-order valence-electron chi connectivity index (χ3n) is 6.11. The molecule has 1 saturated carbocycles. The summed E-state index contributed by atoms with van der Waals surface area (Å²) in [7, 11) is 0. The number of amides is 3. The van der Waals surface area contributed by atoms with E-state index in [4.69, 9.17) is 4.74 Å². The minimum atomic E-state index is -0.744. The molecular formula is C21H27N3O4. The van der Waals surface area contributed by atoms with Gasteiger partial charge in [-0.25, -0.2) is 0 Å². The van der Waals surface area contributed by atoms with Gasteiger partial charge in [0.15, 0.2) is 0 Å². The number of ether oxygens (including phenoxy) is 1. The van der Waals surface area contributed by atoms with E-state index >= 15 is 0 Å². The normalized spacial score (nSPS) is 28.4. The second-order valence-electron chi connectivity index (χ2n) is 7.93. The van der Waals surface area contributed by atoms with Crippen LogP contribution in [0.3, 0.4) is 0 Å². The third-order valence-corrected chi connectivity index (χ3v) is 6.11. The number of nitrogens with one attached hydrogen (secondary N) is 1. The topological polar surface area (TPSA) is 79.0 Å². The van der Waals surface area contributed by atoms with Crippen LogP contribution in [0.25, 0.3) is 0 Å². The molecule has 0 spiro atoms. The zero-order chi connectivity index (χ0) is 19.7. The van der Waals surface area contributed by atoms with Gasteiger partial charge in [0, 0.05) is 19.1 Å². The highest BCUT2D eigenvalue weighted by Gasteiger charge is 2.43. The van der Waals surface area contributed by atoms with Gasteiger partial charge in [-0.15, -0.1) is 0 Å². The first kappa shape index (κ1) is 18.9. The van der Waals surface area contributed by atoms with E-state index in [0.717, 1.165) is 18.4 Å². The molecule has 7 nitrogen and oxygen atoms in total. The van der Waals surface area contributed by atoms with Crippen LogP contribution >= 0.6 is 0 Å². The van der Waals surface area contributed by atoms with E-state index in [2.05, 4.69) is 5.32 Å². The van der Waals surface area contributed by atoms with Crippen LogP contribution in [0.2, 0.25) is 0 Å². The molecule has 2 aliphatic heterocycles. The Hall–Kier alpha value is -2.41. The van der Waals surface area contributed by atoms with Gasteiger partial charge in [-0.2, -0.15) is 0 Å². The van der Waals surface area contributed by atoms with Gasteiger partial charge >= 0.3 is 0 Å². The first-order valence-electron chi connectivity index (χ1n) is 10.1. The molecule has 2 saturated heterocycles. The lowest BCUT2D eigenvalue weighted by atomic mass is 9.92. The van der Waals surface area contributed by atoms with Crippen molar-refractivity contribution in [2.75, 3.05) is 13.2 Å². The number of carbonyl (C=O) groups is 3. The smallest absolute Gasteiger partial charge is 0.249 e. The summed E-state index contributed by atoms with van der Waals surface area (Å²) in [6, 6.07) is 8.68. The summed E-state index contributed by atoms with van der Waals surface area (Å²) in [6.45, 7) is 2.80. The molecule has 3 atom stereocenters. The predicted octanol–water partition coefficient (Wildman–Crippen LogP) is 1.07. The summed E-state index contributed by atoms with van der Waals surface area (Å²) in [6.07, 6.45) is 3.47. The summed E-state index contributed by atoms with van der Waals surface area (Å²) in [5.41, 5.74) is 0.954. The van der Waals surface area contributed by atoms with E-state index in [1.54, 1.807) is 11.8 Å². The van der Waals surface area contributed by atoms with E-state index in [9.17, 15) is 14.4 Å². The monoisotopic (exact) mass is 385 g/mol. The summed E-state index contributed by atoms with van der Waals surface area (Å²) >= 11 is 0. The maximum atomic E-state index is 13.1. The van der Waals surface area contributed by atoms with Crippen molar-refractivity contribution < 1.29 is 19.1 Å². The van der Waals surface area contributed by atoms with Crippen LogP contribution in [0.4, 0.5) is 0 Å². The Morgan fingerprint density at radius 1 is 1.18 bits per heavy atom. The Morgan fingerprint density at radius 2 is 1.93 bits per heavy atom. The molecule has 1 N–H and O–H groups in total. The summed E-state index contributed by atoms with van der Waals surface area (Å²) in [5.74, 6) is -0.524. The van der Waals surface area contributed by atoms with Gasteiger partial charge in [-0.05, 0) is 38.2 Å². The highest BCUT2D eigenvalue weighted by molar-refractivity contribution is 5.94. The molecule has 28 heavy (non-hydrogen) atoms.